The molecule has 0 fully saturated rings. The minimum Gasteiger partial charge on any atom is -0.481 e. The summed E-state index contributed by atoms with van der Waals surface area (Å²) in [5.74, 6) is -1.04. The SMILES string of the molecule is C=COC(=O)C=CC.CCCCCCCCCCCCCCCCCC(=O)O. The Morgan fingerprint density at radius 3 is 1.50 bits per heavy atom. The molecule has 164 valence electrons. The van der Waals surface area contributed by atoms with E-state index in [0.717, 1.165) is 19.1 Å². The molecule has 0 atom stereocenters. The minimum atomic E-state index is -0.653. The van der Waals surface area contributed by atoms with Crippen LogP contribution in [0, 0.1) is 0 Å². The van der Waals surface area contributed by atoms with Crippen molar-refractivity contribution < 1.29 is 19.4 Å². The maximum absolute atomic E-state index is 10.3. The molecule has 1 N–H and O–H groups in total. The Morgan fingerprint density at radius 2 is 1.18 bits per heavy atom. The molecular formula is C24H44O4. The van der Waals surface area contributed by atoms with Gasteiger partial charge in [0.25, 0.3) is 0 Å². The van der Waals surface area contributed by atoms with Gasteiger partial charge in [-0.15, -0.1) is 0 Å². The van der Waals surface area contributed by atoms with Crippen LogP contribution in [-0.2, 0) is 14.3 Å². The topological polar surface area (TPSA) is 63.6 Å². The zero-order valence-electron chi connectivity index (χ0n) is 18.4. The smallest absolute Gasteiger partial charge is 0.335 e. The fraction of sp³-hybridized carbons (Fsp3) is 0.750. The van der Waals surface area contributed by atoms with Crippen LogP contribution in [0.5, 0.6) is 0 Å². The lowest BCUT2D eigenvalue weighted by Gasteiger charge is -2.03. The Hall–Kier alpha value is -1.58. The van der Waals surface area contributed by atoms with Gasteiger partial charge >= 0.3 is 11.9 Å². The second-order valence-electron chi connectivity index (χ2n) is 7.20. The van der Waals surface area contributed by atoms with Crippen LogP contribution >= 0.6 is 0 Å². The molecule has 0 aromatic rings. The molecule has 0 unspecified atom stereocenters. The molecule has 0 aromatic heterocycles. The summed E-state index contributed by atoms with van der Waals surface area (Å²) in [4.78, 5) is 20.6. The van der Waals surface area contributed by atoms with Gasteiger partial charge in [-0.05, 0) is 13.3 Å². The fourth-order valence-corrected chi connectivity index (χ4v) is 2.91. The maximum Gasteiger partial charge on any atom is 0.335 e. The summed E-state index contributed by atoms with van der Waals surface area (Å²) in [5, 5.41) is 8.52. The standard InChI is InChI=1S/C18H36O2.C6H8O2/c1-2-3-4-5-6-7-8-9-10-11-12-13-14-15-16-17-18(19)20;1-3-5-6(7)8-4-2/h2-17H2,1H3,(H,19,20);3-5H,2H2,1H3. The third kappa shape index (κ3) is 29.2. The lowest BCUT2D eigenvalue weighted by Crippen LogP contribution is -1.93. The zero-order valence-corrected chi connectivity index (χ0v) is 18.4. The summed E-state index contributed by atoms with van der Waals surface area (Å²) < 4.78 is 4.32. The first-order chi connectivity index (χ1) is 13.6. The molecule has 0 aromatic carbocycles. The molecule has 0 saturated heterocycles. The predicted molar refractivity (Wildman–Crippen MR) is 118 cm³/mol. The monoisotopic (exact) mass is 396 g/mol. The molecule has 0 aliphatic carbocycles. The van der Waals surface area contributed by atoms with Gasteiger partial charge in [-0.25, -0.2) is 4.79 Å². The van der Waals surface area contributed by atoms with Crippen LogP contribution in [-0.4, -0.2) is 17.0 Å². The number of rotatable bonds is 18. The molecule has 4 nitrogen and oxygen atoms in total. The number of ether oxygens (including phenoxy) is 1. The molecule has 0 amide bonds. The number of carbonyl (C=O) groups is 2. The third-order valence-corrected chi connectivity index (χ3v) is 4.50. The van der Waals surface area contributed by atoms with E-state index >= 15 is 0 Å². The van der Waals surface area contributed by atoms with Gasteiger partial charge in [0.05, 0.1) is 6.26 Å². The Balaban J connectivity index is 0. The highest BCUT2D eigenvalue weighted by Gasteiger charge is 1.97. The lowest BCUT2D eigenvalue weighted by atomic mass is 10.0. The highest BCUT2D eigenvalue weighted by Crippen LogP contribution is 2.13. The van der Waals surface area contributed by atoms with E-state index < -0.39 is 5.97 Å². The first-order valence-corrected chi connectivity index (χ1v) is 11.2. The highest BCUT2D eigenvalue weighted by atomic mass is 16.5. The average Bonchev–Trinajstić information content (AvgIpc) is 2.65. The van der Waals surface area contributed by atoms with Crippen LogP contribution in [0.3, 0.4) is 0 Å². The number of carboxylic acid groups (broad SMARTS) is 1. The first-order valence-electron chi connectivity index (χ1n) is 11.2. The molecule has 0 heterocycles. The maximum atomic E-state index is 10.3. The lowest BCUT2D eigenvalue weighted by molar-refractivity contribution is -0.137. The van der Waals surface area contributed by atoms with Crippen molar-refractivity contribution in [3.63, 3.8) is 0 Å². The van der Waals surface area contributed by atoms with E-state index in [1.807, 2.05) is 0 Å². The molecule has 0 saturated carbocycles. The third-order valence-electron chi connectivity index (χ3n) is 4.50. The van der Waals surface area contributed by atoms with E-state index in [1.54, 1.807) is 13.0 Å². The van der Waals surface area contributed by atoms with E-state index in [9.17, 15) is 9.59 Å². The van der Waals surface area contributed by atoms with Crippen molar-refractivity contribution in [2.24, 2.45) is 0 Å². The van der Waals surface area contributed by atoms with E-state index in [4.69, 9.17) is 5.11 Å². The summed E-state index contributed by atoms with van der Waals surface area (Å²) in [7, 11) is 0. The van der Waals surface area contributed by atoms with Crippen LogP contribution < -0.4 is 0 Å². The normalized spacial score (nSPS) is 10.4. The fourth-order valence-electron chi connectivity index (χ4n) is 2.91. The summed E-state index contributed by atoms with van der Waals surface area (Å²) >= 11 is 0. The Kier molecular flexibility index (Phi) is 26.0. The molecule has 0 bridgehead atoms. The van der Waals surface area contributed by atoms with Crippen molar-refractivity contribution in [3.05, 3.63) is 25.0 Å². The molecule has 0 spiro atoms. The minimum absolute atomic E-state index is 0.345. The van der Waals surface area contributed by atoms with Gasteiger partial charge in [0.2, 0.25) is 0 Å². The molecule has 28 heavy (non-hydrogen) atoms. The molecule has 0 radical (unpaired) electrons. The van der Waals surface area contributed by atoms with Crippen molar-refractivity contribution >= 4 is 11.9 Å². The number of esters is 1. The number of carboxylic acids is 1. The second kappa shape index (κ2) is 25.4. The van der Waals surface area contributed by atoms with E-state index in [2.05, 4.69) is 18.2 Å². The van der Waals surface area contributed by atoms with Gasteiger partial charge in [-0.3, -0.25) is 4.79 Å². The van der Waals surface area contributed by atoms with Crippen LogP contribution in [0.4, 0.5) is 0 Å². The van der Waals surface area contributed by atoms with Crippen molar-refractivity contribution in [2.75, 3.05) is 0 Å². The van der Waals surface area contributed by atoms with E-state index in [1.165, 1.54) is 89.5 Å². The molecule has 0 rings (SSSR count). The quantitative estimate of drug-likeness (QED) is 0.112. The first kappa shape index (κ1) is 28.6. The Labute approximate surface area is 173 Å². The van der Waals surface area contributed by atoms with Crippen molar-refractivity contribution in [2.45, 2.75) is 117 Å². The van der Waals surface area contributed by atoms with Crippen LogP contribution in [0.2, 0.25) is 0 Å². The van der Waals surface area contributed by atoms with Gasteiger partial charge in [-0.2, -0.15) is 0 Å². The molecule has 0 aliphatic rings. The molecule has 4 heteroatoms. The van der Waals surface area contributed by atoms with Crippen LogP contribution in [0.25, 0.3) is 0 Å². The second-order valence-corrected chi connectivity index (χ2v) is 7.20. The molecule has 0 aliphatic heterocycles. The van der Waals surface area contributed by atoms with E-state index in [0.29, 0.717) is 6.42 Å². The summed E-state index contributed by atoms with van der Waals surface area (Å²) in [6.07, 6.45) is 24.2. The van der Waals surface area contributed by atoms with Crippen molar-refractivity contribution in [1.82, 2.24) is 0 Å². The number of unbranched alkanes of at least 4 members (excludes halogenated alkanes) is 14. The average molecular weight is 397 g/mol. The van der Waals surface area contributed by atoms with Gasteiger partial charge in [0, 0.05) is 12.5 Å². The number of hydrogen-bond acceptors (Lipinski definition) is 3. The zero-order chi connectivity index (χ0) is 21.3. The summed E-state index contributed by atoms with van der Waals surface area (Å²) in [6.45, 7) is 7.22. The summed E-state index contributed by atoms with van der Waals surface area (Å²) in [5.41, 5.74) is 0. The molecular weight excluding hydrogens is 352 g/mol. The van der Waals surface area contributed by atoms with Gasteiger partial charge in [0.1, 0.15) is 0 Å². The van der Waals surface area contributed by atoms with Gasteiger partial charge in [0.15, 0.2) is 0 Å². The van der Waals surface area contributed by atoms with Crippen molar-refractivity contribution in [3.8, 4) is 0 Å². The van der Waals surface area contributed by atoms with Crippen molar-refractivity contribution in [1.29, 1.82) is 0 Å². The van der Waals surface area contributed by atoms with Gasteiger partial charge in [-0.1, -0.05) is 109 Å². The Morgan fingerprint density at radius 1 is 0.786 bits per heavy atom. The van der Waals surface area contributed by atoms with Gasteiger partial charge < -0.3 is 9.84 Å². The largest absolute Gasteiger partial charge is 0.481 e. The number of aliphatic carboxylic acids is 1. The summed E-state index contributed by atoms with van der Waals surface area (Å²) in [6, 6.07) is 0. The van der Waals surface area contributed by atoms with E-state index in [-0.39, 0.29) is 5.97 Å². The highest BCUT2D eigenvalue weighted by molar-refractivity contribution is 5.82. The van der Waals surface area contributed by atoms with Crippen LogP contribution in [0.1, 0.15) is 117 Å². The van der Waals surface area contributed by atoms with Crippen LogP contribution in [0.15, 0.2) is 25.0 Å². The number of hydrogen-bond donors (Lipinski definition) is 1. The number of carbonyl (C=O) groups excluding carboxylic acids is 1. The predicted octanol–water partition coefficient (Wildman–Crippen LogP) is 7.58. The number of allylic oxidation sites excluding steroid dienone is 1. The Bertz CT molecular complexity index is 388.